The topological polar surface area (TPSA) is 85.8 Å². The van der Waals surface area contributed by atoms with Crippen molar-refractivity contribution >= 4 is 48.0 Å². The molecule has 1 fully saturated rings. The van der Waals surface area contributed by atoms with Crippen LogP contribution in [0.3, 0.4) is 0 Å². The van der Waals surface area contributed by atoms with E-state index >= 15 is 0 Å². The molecule has 174 valence electrons. The molecular formula is C22H35Cl2N5O2. The minimum atomic E-state index is -0.249. The van der Waals surface area contributed by atoms with E-state index in [1.165, 1.54) is 37.1 Å². The molecule has 1 saturated carbocycles. The second kappa shape index (κ2) is 15.2. The molecule has 1 aromatic rings. The van der Waals surface area contributed by atoms with Crippen LogP contribution in [0.4, 0.5) is 5.69 Å². The van der Waals surface area contributed by atoms with Crippen molar-refractivity contribution in [1.82, 2.24) is 16.0 Å². The lowest BCUT2D eigenvalue weighted by Crippen LogP contribution is -2.36. The highest BCUT2D eigenvalue weighted by Gasteiger charge is 2.28. The summed E-state index contributed by atoms with van der Waals surface area (Å²) >= 11 is 0. The molecule has 31 heavy (non-hydrogen) atoms. The van der Waals surface area contributed by atoms with Crippen LogP contribution in [0.1, 0.15) is 51.4 Å². The molecule has 1 heterocycles. The summed E-state index contributed by atoms with van der Waals surface area (Å²) in [5, 5.41) is 15.4. The Bertz CT molecular complexity index is 696. The van der Waals surface area contributed by atoms with Crippen molar-refractivity contribution in [3.63, 3.8) is 0 Å². The van der Waals surface area contributed by atoms with E-state index in [2.05, 4.69) is 21.1 Å². The minimum Gasteiger partial charge on any atom is -0.351 e. The van der Waals surface area contributed by atoms with Gasteiger partial charge in [0, 0.05) is 25.7 Å². The van der Waals surface area contributed by atoms with Gasteiger partial charge in [-0.1, -0.05) is 37.5 Å². The fraction of sp³-hybridized carbons (Fsp3) is 0.591. The number of hydrogen-bond donors (Lipinski definition) is 3. The van der Waals surface area contributed by atoms with Gasteiger partial charge in [0.05, 0.1) is 12.1 Å². The molecule has 0 atom stereocenters. The number of halogens is 2. The Hall–Kier alpha value is -1.67. The number of unbranched alkanes of at least 4 members (excludes halogenated alkanes) is 1. The van der Waals surface area contributed by atoms with Gasteiger partial charge in [0.2, 0.25) is 0 Å². The summed E-state index contributed by atoms with van der Waals surface area (Å²) in [5.41, 5.74) is 0.968. The van der Waals surface area contributed by atoms with E-state index in [1.807, 2.05) is 18.2 Å². The first-order chi connectivity index (χ1) is 14.2. The number of rotatable bonds is 11. The molecule has 3 N–H and O–H groups in total. The van der Waals surface area contributed by atoms with Crippen LogP contribution in [-0.2, 0) is 9.59 Å². The summed E-state index contributed by atoms with van der Waals surface area (Å²) in [7, 11) is 0. The molecule has 7 nitrogen and oxygen atoms in total. The van der Waals surface area contributed by atoms with E-state index in [4.69, 9.17) is 0 Å². The molecule has 0 spiro atoms. The van der Waals surface area contributed by atoms with Crippen LogP contribution >= 0.6 is 24.8 Å². The van der Waals surface area contributed by atoms with Crippen LogP contribution < -0.4 is 21.0 Å². The van der Waals surface area contributed by atoms with Gasteiger partial charge in [-0.25, -0.2) is 0 Å². The maximum atomic E-state index is 12.2. The number of carbonyl (C=O) groups is 2. The molecule has 0 aromatic heterocycles. The molecule has 1 aliphatic carbocycles. The number of hydrogen-bond acceptors (Lipinski definition) is 5. The lowest BCUT2D eigenvalue weighted by Gasteiger charge is -2.22. The molecule has 0 unspecified atom stereocenters. The number of carbonyl (C=O) groups excluding carboxylic acids is 2. The third kappa shape index (κ3) is 9.15. The van der Waals surface area contributed by atoms with Crippen LogP contribution in [0, 0.1) is 0 Å². The largest absolute Gasteiger partial charge is 0.351 e. The van der Waals surface area contributed by atoms with E-state index in [0.29, 0.717) is 18.3 Å². The summed E-state index contributed by atoms with van der Waals surface area (Å²) in [5.74, 6) is -0.422. The van der Waals surface area contributed by atoms with Gasteiger partial charge in [-0.2, -0.15) is 10.1 Å². The molecule has 2 aliphatic rings. The van der Waals surface area contributed by atoms with Crippen LogP contribution in [0.25, 0.3) is 0 Å². The number of anilines is 1. The molecule has 9 heteroatoms. The Morgan fingerprint density at radius 3 is 2.42 bits per heavy atom. The zero-order chi connectivity index (χ0) is 20.3. The third-order valence-corrected chi connectivity index (χ3v) is 5.44. The highest BCUT2D eigenvalue weighted by molar-refractivity contribution is 6.44. The van der Waals surface area contributed by atoms with Crippen molar-refractivity contribution in [2.75, 3.05) is 31.2 Å². The quantitative estimate of drug-likeness (QED) is 0.433. The summed E-state index contributed by atoms with van der Waals surface area (Å²) in [6, 6.07) is 9.89. The predicted octanol–water partition coefficient (Wildman–Crippen LogP) is 3.03. The average Bonchev–Trinajstić information content (AvgIpc) is 3.15. The molecule has 1 aliphatic heterocycles. The lowest BCUT2D eigenvalue weighted by atomic mass is 9.95. The van der Waals surface area contributed by atoms with Crippen molar-refractivity contribution in [3.05, 3.63) is 30.3 Å². The zero-order valence-corrected chi connectivity index (χ0v) is 19.6. The normalized spacial score (nSPS) is 16.3. The Morgan fingerprint density at radius 2 is 1.68 bits per heavy atom. The molecule has 0 saturated heterocycles. The molecule has 2 amide bonds. The number of amides is 2. The minimum absolute atomic E-state index is 0. The van der Waals surface area contributed by atoms with Gasteiger partial charge >= 0.3 is 0 Å². The maximum Gasteiger partial charge on any atom is 0.268 e. The zero-order valence-electron chi connectivity index (χ0n) is 18.0. The van der Waals surface area contributed by atoms with Crippen molar-refractivity contribution < 1.29 is 9.59 Å². The SMILES string of the molecule is Cl.Cl.O=C(NCCCCNCCNC1CCCCC1)C1=NN(c2ccccc2)C(=O)C1. The van der Waals surface area contributed by atoms with Crippen molar-refractivity contribution in [2.24, 2.45) is 5.10 Å². The second-order valence-corrected chi connectivity index (χ2v) is 7.77. The van der Waals surface area contributed by atoms with Gasteiger partial charge < -0.3 is 16.0 Å². The number of hydrazone groups is 1. The Morgan fingerprint density at radius 1 is 0.968 bits per heavy atom. The smallest absolute Gasteiger partial charge is 0.268 e. The van der Waals surface area contributed by atoms with Gasteiger partial charge in [0.25, 0.3) is 11.8 Å². The number of nitrogens with zero attached hydrogens (tertiary/aromatic N) is 2. The second-order valence-electron chi connectivity index (χ2n) is 7.77. The van der Waals surface area contributed by atoms with Crippen molar-refractivity contribution in [3.8, 4) is 0 Å². The lowest BCUT2D eigenvalue weighted by molar-refractivity contribution is -0.118. The van der Waals surface area contributed by atoms with Crippen LogP contribution in [-0.4, -0.2) is 49.7 Å². The Balaban J connectivity index is 0.00000240. The fourth-order valence-corrected chi connectivity index (χ4v) is 3.80. The van der Waals surface area contributed by atoms with E-state index in [1.54, 1.807) is 12.1 Å². The van der Waals surface area contributed by atoms with E-state index in [-0.39, 0.29) is 48.8 Å². The first kappa shape index (κ1) is 27.4. The summed E-state index contributed by atoms with van der Waals surface area (Å²) < 4.78 is 0. The highest BCUT2D eigenvalue weighted by Crippen LogP contribution is 2.20. The predicted molar refractivity (Wildman–Crippen MR) is 130 cm³/mol. The van der Waals surface area contributed by atoms with Crippen LogP contribution in [0.5, 0.6) is 0 Å². The standard InChI is InChI=1S/C22H33N5O2.2ClH/c28-21-17-20(26-27(21)19-11-5-2-6-12-19)22(29)25-14-8-7-13-23-15-16-24-18-9-3-1-4-10-18;;/h2,5-6,11-12,18,23-24H,1,3-4,7-10,13-17H2,(H,25,29);2*1H. The van der Waals surface area contributed by atoms with Gasteiger partial charge in [-0.15, -0.1) is 24.8 Å². The molecule has 1 aromatic carbocycles. The number of nitrogens with one attached hydrogen (secondary N) is 3. The van der Waals surface area contributed by atoms with E-state index < -0.39 is 0 Å². The highest BCUT2D eigenvalue weighted by atomic mass is 35.5. The van der Waals surface area contributed by atoms with Gasteiger partial charge in [-0.05, 0) is 44.4 Å². The molecule has 0 bridgehead atoms. The van der Waals surface area contributed by atoms with Crippen LogP contribution in [0.2, 0.25) is 0 Å². The van der Waals surface area contributed by atoms with Crippen molar-refractivity contribution in [2.45, 2.75) is 57.4 Å². The van der Waals surface area contributed by atoms with Crippen LogP contribution in [0.15, 0.2) is 35.4 Å². The maximum absolute atomic E-state index is 12.2. The van der Waals surface area contributed by atoms with Crippen molar-refractivity contribution in [1.29, 1.82) is 0 Å². The first-order valence-corrected chi connectivity index (χ1v) is 10.9. The third-order valence-electron chi connectivity index (χ3n) is 5.44. The molecule has 0 radical (unpaired) electrons. The summed E-state index contributed by atoms with van der Waals surface area (Å²) in [6.07, 6.45) is 8.71. The van der Waals surface area contributed by atoms with E-state index in [9.17, 15) is 9.59 Å². The Kier molecular flexibility index (Phi) is 13.4. The fourth-order valence-electron chi connectivity index (χ4n) is 3.80. The van der Waals surface area contributed by atoms with Gasteiger partial charge in [-0.3, -0.25) is 9.59 Å². The average molecular weight is 472 g/mol. The molecule has 3 rings (SSSR count). The van der Waals surface area contributed by atoms with E-state index in [0.717, 1.165) is 32.5 Å². The molecular weight excluding hydrogens is 437 g/mol. The summed E-state index contributed by atoms with van der Waals surface area (Å²) in [4.78, 5) is 24.4. The number of benzene rings is 1. The Labute approximate surface area is 197 Å². The first-order valence-electron chi connectivity index (χ1n) is 10.9. The number of para-hydroxylation sites is 1. The van der Waals surface area contributed by atoms with Gasteiger partial charge in [0.15, 0.2) is 0 Å². The monoisotopic (exact) mass is 471 g/mol. The summed E-state index contributed by atoms with van der Waals surface area (Å²) in [6.45, 7) is 3.55. The van der Waals surface area contributed by atoms with Gasteiger partial charge in [0.1, 0.15) is 5.71 Å².